The number of amides is 1. The second-order valence-electron chi connectivity index (χ2n) is 5.06. The third-order valence-electron chi connectivity index (χ3n) is 3.28. The van der Waals surface area contributed by atoms with Crippen LogP contribution in [0.1, 0.15) is 0 Å². The standard InChI is InChI=1S/C16H13ClFN3O3S/c17-10-7-9(5-6-11(10)18)19-16(25)21-20-15(22)14-8-23-12-3-1-2-4-13(12)24-14/h1-7,14H,8H2,(H,20,22)(H2,19,21,25). The highest BCUT2D eigenvalue weighted by molar-refractivity contribution is 7.80. The van der Waals surface area contributed by atoms with Crippen LogP contribution in [0.3, 0.4) is 0 Å². The zero-order chi connectivity index (χ0) is 17.8. The number of hydrogen-bond acceptors (Lipinski definition) is 4. The Hall–Kier alpha value is -2.58. The van der Waals surface area contributed by atoms with Crippen molar-refractivity contribution < 1.29 is 18.7 Å². The minimum absolute atomic E-state index is 0.0387. The molecular weight excluding hydrogens is 369 g/mol. The Morgan fingerprint density at radius 1 is 1.20 bits per heavy atom. The van der Waals surface area contributed by atoms with Crippen LogP contribution in [-0.4, -0.2) is 23.7 Å². The Balaban J connectivity index is 1.50. The van der Waals surface area contributed by atoms with Gasteiger partial charge in [-0.15, -0.1) is 0 Å². The van der Waals surface area contributed by atoms with E-state index in [9.17, 15) is 9.18 Å². The van der Waals surface area contributed by atoms with Gasteiger partial charge in [0.05, 0.1) is 5.02 Å². The molecule has 0 aromatic heterocycles. The van der Waals surface area contributed by atoms with Crippen molar-refractivity contribution in [1.82, 2.24) is 10.9 Å². The fourth-order valence-corrected chi connectivity index (χ4v) is 2.43. The fourth-order valence-electron chi connectivity index (χ4n) is 2.08. The maximum Gasteiger partial charge on any atom is 0.283 e. The molecule has 0 fully saturated rings. The Morgan fingerprint density at radius 2 is 1.96 bits per heavy atom. The number of nitrogens with one attached hydrogen (secondary N) is 3. The van der Waals surface area contributed by atoms with Crippen LogP contribution in [0.2, 0.25) is 5.02 Å². The quantitative estimate of drug-likeness (QED) is 0.548. The number of thiocarbonyl (C=S) groups is 1. The lowest BCUT2D eigenvalue weighted by Crippen LogP contribution is -2.51. The highest BCUT2D eigenvalue weighted by atomic mass is 35.5. The summed E-state index contributed by atoms with van der Waals surface area (Å²) in [6.07, 6.45) is -0.814. The maximum atomic E-state index is 13.1. The monoisotopic (exact) mass is 381 g/mol. The molecule has 1 unspecified atom stereocenters. The number of carbonyl (C=O) groups is 1. The first-order valence-corrected chi connectivity index (χ1v) is 8.02. The fraction of sp³-hybridized carbons (Fsp3) is 0.125. The average Bonchev–Trinajstić information content (AvgIpc) is 2.62. The molecule has 1 aliphatic heterocycles. The number of fused-ring (bicyclic) bond motifs is 1. The molecule has 0 spiro atoms. The molecule has 130 valence electrons. The Labute approximate surface area is 153 Å². The first-order valence-electron chi connectivity index (χ1n) is 7.23. The van der Waals surface area contributed by atoms with Crippen LogP contribution < -0.4 is 25.6 Å². The summed E-state index contributed by atoms with van der Waals surface area (Å²) in [4.78, 5) is 12.1. The van der Waals surface area contributed by atoms with Gasteiger partial charge in [0.1, 0.15) is 12.4 Å². The average molecular weight is 382 g/mol. The molecule has 0 bridgehead atoms. The lowest BCUT2D eigenvalue weighted by Gasteiger charge is -2.25. The summed E-state index contributed by atoms with van der Waals surface area (Å²) in [6, 6.07) is 11.1. The molecule has 1 amide bonds. The number of benzene rings is 2. The molecule has 25 heavy (non-hydrogen) atoms. The van der Waals surface area contributed by atoms with Crippen molar-refractivity contribution in [1.29, 1.82) is 0 Å². The van der Waals surface area contributed by atoms with Crippen molar-refractivity contribution in [3.8, 4) is 11.5 Å². The number of ether oxygens (including phenoxy) is 2. The summed E-state index contributed by atoms with van der Waals surface area (Å²) in [6.45, 7) is 0.0816. The smallest absolute Gasteiger partial charge is 0.283 e. The van der Waals surface area contributed by atoms with E-state index in [1.165, 1.54) is 18.2 Å². The van der Waals surface area contributed by atoms with E-state index in [0.717, 1.165) is 0 Å². The molecule has 6 nitrogen and oxygen atoms in total. The summed E-state index contributed by atoms with van der Waals surface area (Å²) in [5.41, 5.74) is 5.44. The summed E-state index contributed by atoms with van der Waals surface area (Å²) < 4.78 is 24.2. The lowest BCUT2D eigenvalue weighted by atomic mass is 10.2. The van der Waals surface area contributed by atoms with Gasteiger partial charge in [0, 0.05) is 5.69 Å². The number of anilines is 1. The maximum absolute atomic E-state index is 13.1. The van der Waals surface area contributed by atoms with E-state index >= 15 is 0 Å². The van der Waals surface area contributed by atoms with Gasteiger partial charge in [-0.2, -0.15) is 0 Å². The van der Waals surface area contributed by atoms with Crippen LogP contribution in [-0.2, 0) is 4.79 Å². The molecule has 9 heteroatoms. The summed E-state index contributed by atoms with van der Waals surface area (Å²) in [5.74, 6) is 0.102. The largest absolute Gasteiger partial charge is 0.485 e. The topological polar surface area (TPSA) is 71.6 Å². The van der Waals surface area contributed by atoms with E-state index in [1.807, 2.05) is 6.07 Å². The number of hydrogen-bond donors (Lipinski definition) is 3. The predicted molar refractivity (Wildman–Crippen MR) is 95.3 cm³/mol. The number of rotatable bonds is 2. The first kappa shape index (κ1) is 17.2. The SMILES string of the molecule is O=C(NNC(=S)Nc1ccc(F)c(Cl)c1)C1COc2ccccc2O1. The van der Waals surface area contributed by atoms with Crippen LogP contribution in [0.25, 0.3) is 0 Å². The van der Waals surface area contributed by atoms with Crippen molar-refractivity contribution in [2.24, 2.45) is 0 Å². The van der Waals surface area contributed by atoms with Crippen molar-refractivity contribution in [3.63, 3.8) is 0 Å². The van der Waals surface area contributed by atoms with Crippen LogP contribution in [0.15, 0.2) is 42.5 Å². The third-order valence-corrected chi connectivity index (χ3v) is 3.77. The van der Waals surface area contributed by atoms with Crippen molar-refractivity contribution in [2.45, 2.75) is 6.10 Å². The van der Waals surface area contributed by atoms with Gasteiger partial charge in [0.15, 0.2) is 16.6 Å². The summed E-state index contributed by atoms with van der Waals surface area (Å²) in [5, 5.41) is 2.83. The molecular formula is C16H13ClFN3O3S. The molecule has 0 saturated carbocycles. The van der Waals surface area contributed by atoms with Gasteiger partial charge in [-0.25, -0.2) is 4.39 Å². The van der Waals surface area contributed by atoms with Gasteiger partial charge in [-0.1, -0.05) is 23.7 Å². The van der Waals surface area contributed by atoms with Crippen LogP contribution >= 0.6 is 23.8 Å². The lowest BCUT2D eigenvalue weighted by molar-refractivity contribution is -0.130. The van der Waals surface area contributed by atoms with Gasteiger partial charge in [0.2, 0.25) is 6.10 Å². The summed E-state index contributed by atoms with van der Waals surface area (Å²) in [7, 11) is 0. The number of hydrazine groups is 1. The second kappa shape index (κ2) is 7.54. The molecule has 3 N–H and O–H groups in total. The zero-order valence-corrected chi connectivity index (χ0v) is 14.3. The van der Waals surface area contributed by atoms with E-state index in [2.05, 4.69) is 16.2 Å². The van der Waals surface area contributed by atoms with E-state index in [0.29, 0.717) is 17.2 Å². The molecule has 0 aliphatic carbocycles. The second-order valence-corrected chi connectivity index (χ2v) is 5.88. The van der Waals surface area contributed by atoms with E-state index in [4.69, 9.17) is 33.3 Å². The number of carbonyl (C=O) groups excluding carboxylic acids is 1. The molecule has 2 aromatic carbocycles. The van der Waals surface area contributed by atoms with Gasteiger partial charge < -0.3 is 14.8 Å². The predicted octanol–water partition coefficient (Wildman–Crippen LogP) is 2.64. The van der Waals surface area contributed by atoms with Crippen LogP contribution in [0.5, 0.6) is 11.5 Å². The Morgan fingerprint density at radius 3 is 2.72 bits per heavy atom. The minimum Gasteiger partial charge on any atom is -0.485 e. The van der Waals surface area contributed by atoms with E-state index < -0.39 is 17.8 Å². The molecule has 0 radical (unpaired) electrons. The molecule has 1 aliphatic rings. The van der Waals surface area contributed by atoms with E-state index in [1.54, 1.807) is 18.2 Å². The van der Waals surface area contributed by atoms with Crippen molar-refractivity contribution >= 4 is 40.5 Å². The first-order chi connectivity index (χ1) is 12.0. The number of halogens is 2. The van der Waals surface area contributed by atoms with Crippen LogP contribution in [0.4, 0.5) is 10.1 Å². The summed E-state index contributed by atoms with van der Waals surface area (Å²) >= 11 is 10.7. The Kier molecular flexibility index (Phi) is 5.20. The third kappa shape index (κ3) is 4.28. The molecule has 0 saturated heterocycles. The van der Waals surface area contributed by atoms with Gasteiger partial charge in [-0.05, 0) is 42.5 Å². The van der Waals surface area contributed by atoms with Crippen LogP contribution in [0, 0.1) is 5.82 Å². The van der Waals surface area contributed by atoms with Gasteiger partial charge in [0.25, 0.3) is 5.91 Å². The van der Waals surface area contributed by atoms with Crippen molar-refractivity contribution in [3.05, 3.63) is 53.3 Å². The van der Waals surface area contributed by atoms with Crippen molar-refractivity contribution in [2.75, 3.05) is 11.9 Å². The zero-order valence-electron chi connectivity index (χ0n) is 12.7. The Bertz CT molecular complexity index is 821. The highest BCUT2D eigenvalue weighted by Gasteiger charge is 2.27. The van der Waals surface area contributed by atoms with E-state index in [-0.39, 0.29) is 16.7 Å². The minimum atomic E-state index is -0.814. The molecule has 3 rings (SSSR count). The van der Waals surface area contributed by atoms with Gasteiger partial charge >= 0.3 is 0 Å². The normalized spacial score (nSPS) is 15.2. The number of para-hydroxylation sites is 2. The molecule has 1 atom stereocenters. The highest BCUT2D eigenvalue weighted by Crippen LogP contribution is 2.30. The molecule has 2 aromatic rings. The molecule has 1 heterocycles. The van der Waals surface area contributed by atoms with Gasteiger partial charge in [-0.3, -0.25) is 15.6 Å².